The number of carbonyl (C=O) groups excluding carboxylic acids is 1. The van der Waals surface area contributed by atoms with Gasteiger partial charge in [0.1, 0.15) is 12.1 Å². The van der Waals surface area contributed by atoms with Crippen LogP contribution >= 0.6 is 0 Å². The summed E-state index contributed by atoms with van der Waals surface area (Å²) in [5.74, 6) is 4.29. The van der Waals surface area contributed by atoms with E-state index < -0.39 is 0 Å². The summed E-state index contributed by atoms with van der Waals surface area (Å²) in [6.45, 7) is 2.12. The van der Waals surface area contributed by atoms with Gasteiger partial charge in [0.25, 0.3) is 0 Å². The van der Waals surface area contributed by atoms with Crippen molar-refractivity contribution in [2.45, 2.75) is 95.1 Å². The zero-order chi connectivity index (χ0) is 20.1. The zero-order valence-electron chi connectivity index (χ0n) is 18.2. The molecule has 4 heterocycles. The maximum Gasteiger partial charge on any atom is 0.223 e. The molecule has 30 heavy (non-hydrogen) atoms. The summed E-state index contributed by atoms with van der Waals surface area (Å²) < 4.78 is 0. The second-order valence-corrected chi connectivity index (χ2v) is 10.8. The van der Waals surface area contributed by atoms with Gasteiger partial charge in [0, 0.05) is 49.3 Å². The molecule has 3 saturated heterocycles. The molecule has 2 saturated carbocycles. The first-order chi connectivity index (χ1) is 14.8. The van der Waals surface area contributed by atoms with Gasteiger partial charge in [-0.1, -0.05) is 32.1 Å². The number of amides is 1. The molecule has 0 radical (unpaired) electrons. The van der Waals surface area contributed by atoms with Crippen LogP contribution in [0.5, 0.6) is 0 Å². The Morgan fingerprint density at radius 2 is 1.77 bits per heavy atom. The van der Waals surface area contributed by atoms with Crippen molar-refractivity contribution in [1.82, 2.24) is 14.9 Å². The normalized spacial score (nSPS) is 34.7. The monoisotopic (exact) mass is 408 g/mol. The van der Waals surface area contributed by atoms with Crippen LogP contribution < -0.4 is 4.90 Å². The molecular weight excluding hydrogens is 372 g/mol. The molecule has 5 fully saturated rings. The van der Waals surface area contributed by atoms with Gasteiger partial charge in [-0.15, -0.1) is 0 Å². The van der Waals surface area contributed by atoms with Gasteiger partial charge in [-0.3, -0.25) is 4.79 Å². The van der Waals surface area contributed by atoms with Gasteiger partial charge in [0.15, 0.2) is 0 Å². The molecule has 6 rings (SSSR count). The Labute approximate surface area is 180 Å². The van der Waals surface area contributed by atoms with E-state index >= 15 is 0 Å². The van der Waals surface area contributed by atoms with Crippen molar-refractivity contribution in [3.63, 3.8) is 0 Å². The second kappa shape index (κ2) is 7.80. The van der Waals surface area contributed by atoms with Crippen molar-refractivity contribution in [3.05, 3.63) is 18.1 Å². The van der Waals surface area contributed by atoms with Crippen LogP contribution in [0, 0.1) is 17.8 Å². The largest absolute Gasteiger partial charge is 0.356 e. The smallest absolute Gasteiger partial charge is 0.223 e. The molecule has 3 aliphatic heterocycles. The molecule has 1 aromatic heterocycles. The quantitative estimate of drug-likeness (QED) is 0.734. The predicted molar refractivity (Wildman–Crippen MR) is 117 cm³/mol. The lowest BCUT2D eigenvalue weighted by Crippen LogP contribution is -2.65. The number of hydrogen-bond acceptors (Lipinski definition) is 4. The van der Waals surface area contributed by atoms with Crippen molar-refractivity contribution in [1.29, 1.82) is 0 Å². The SMILES string of the molecule is O=C1CCC[C@H]2[C@@H]3C[C@@H](CN(c4cc(C5CC5)ncn4)C3)[C@H](CC3CCCCC3)N12. The van der Waals surface area contributed by atoms with Gasteiger partial charge < -0.3 is 9.80 Å². The summed E-state index contributed by atoms with van der Waals surface area (Å²) in [4.78, 5) is 27.3. The molecule has 0 N–H and O–H groups in total. The fourth-order valence-electron chi connectivity index (χ4n) is 7.17. The van der Waals surface area contributed by atoms with E-state index in [1.807, 2.05) is 0 Å². The minimum Gasteiger partial charge on any atom is -0.356 e. The number of hydrogen-bond donors (Lipinski definition) is 0. The number of rotatable bonds is 4. The van der Waals surface area contributed by atoms with E-state index in [1.165, 1.54) is 69.9 Å². The maximum atomic E-state index is 13.1. The molecule has 5 heteroatoms. The van der Waals surface area contributed by atoms with Crippen LogP contribution in [-0.4, -0.2) is 45.9 Å². The highest BCUT2D eigenvalue weighted by molar-refractivity contribution is 5.78. The van der Waals surface area contributed by atoms with Gasteiger partial charge >= 0.3 is 0 Å². The lowest BCUT2D eigenvalue weighted by molar-refractivity contribution is -0.149. The van der Waals surface area contributed by atoms with E-state index in [-0.39, 0.29) is 0 Å². The molecule has 2 aliphatic carbocycles. The molecule has 5 nitrogen and oxygen atoms in total. The summed E-state index contributed by atoms with van der Waals surface area (Å²) >= 11 is 0. The number of anilines is 1. The standard InChI is InChI=1S/C25H36N4O/c30-25-8-4-7-22-19-12-20(23(29(22)25)11-17-5-2-1-3-6-17)15-28(14-19)24-13-21(18-9-10-18)26-16-27-24/h13,16-20,22-23H,1-12,14-15H2/t19-,20+,22+,23+/m1/s1. The third kappa shape index (κ3) is 3.52. The molecule has 2 bridgehead atoms. The zero-order valence-corrected chi connectivity index (χ0v) is 18.2. The fourth-order valence-corrected chi connectivity index (χ4v) is 7.17. The lowest BCUT2D eigenvalue weighted by Gasteiger charge is -2.57. The average Bonchev–Trinajstić information content (AvgIpc) is 3.63. The summed E-state index contributed by atoms with van der Waals surface area (Å²) in [7, 11) is 0. The number of nitrogens with zero attached hydrogens (tertiary/aromatic N) is 4. The van der Waals surface area contributed by atoms with Crippen LogP contribution in [0.4, 0.5) is 5.82 Å². The van der Waals surface area contributed by atoms with Crippen molar-refractivity contribution >= 4 is 11.7 Å². The van der Waals surface area contributed by atoms with Crippen molar-refractivity contribution in [2.24, 2.45) is 17.8 Å². The Balaban J connectivity index is 1.27. The minimum absolute atomic E-state index is 0.452. The van der Waals surface area contributed by atoms with E-state index in [4.69, 9.17) is 4.98 Å². The highest BCUT2D eigenvalue weighted by Gasteiger charge is 2.50. The molecule has 1 aromatic rings. The Hall–Kier alpha value is -1.65. The first-order valence-electron chi connectivity index (χ1n) is 12.6. The Kier molecular flexibility index (Phi) is 4.96. The first-order valence-corrected chi connectivity index (χ1v) is 12.6. The summed E-state index contributed by atoms with van der Waals surface area (Å²) in [6.07, 6.45) is 16.9. The van der Waals surface area contributed by atoms with Crippen molar-refractivity contribution in [3.8, 4) is 0 Å². The molecule has 0 unspecified atom stereocenters. The van der Waals surface area contributed by atoms with Crippen LogP contribution in [0.3, 0.4) is 0 Å². The number of aromatic nitrogens is 2. The Morgan fingerprint density at radius 3 is 2.60 bits per heavy atom. The van der Waals surface area contributed by atoms with E-state index in [1.54, 1.807) is 6.33 Å². The van der Waals surface area contributed by atoms with Crippen LogP contribution in [0.25, 0.3) is 0 Å². The van der Waals surface area contributed by atoms with Crippen molar-refractivity contribution in [2.75, 3.05) is 18.0 Å². The van der Waals surface area contributed by atoms with Gasteiger partial charge in [-0.2, -0.15) is 0 Å². The van der Waals surface area contributed by atoms with Gasteiger partial charge in [0.2, 0.25) is 5.91 Å². The van der Waals surface area contributed by atoms with Crippen LogP contribution in [0.1, 0.15) is 88.7 Å². The molecule has 4 atom stereocenters. The van der Waals surface area contributed by atoms with E-state index in [0.717, 1.165) is 37.7 Å². The maximum absolute atomic E-state index is 13.1. The minimum atomic E-state index is 0.452. The highest BCUT2D eigenvalue weighted by Crippen LogP contribution is 2.46. The molecular formula is C25H36N4O. The lowest BCUT2D eigenvalue weighted by atomic mass is 9.69. The number of fused-ring (bicyclic) bond motifs is 4. The van der Waals surface area contributed by atoms with Crippen LogP contribution in [0.2, 0.25) is 0 Å². The predicted octanol–water partition coefficient (Wildman–Crippen LogP) is 4.53. The number of carbonyl (C=O) groups is 1. The van der Waals surface area contributed by atoms with Gasteiger partial charge in [-0.05, 0) is 56.3 Å². The molecule has 5 aliphatic rings. The third-order valence-electron chi connectivity index (χ3n) is 8.79. The van der Waals surface area contributed by atoms with Gasteiger partial charge in [-0.25, -0.2) is 9.97 Å². The third-order valence-corrected chi connectivity index (χ3v) is 8.79. The van der Waals surface area contributed by atoms with E-state index in [9.17, 15) is 4.79 Å². The molecule has 0 spiro atoms. The van der Waals surface area contributed by atoms with Crippen LogP contribution in [-0.2, 0) is 4.79 Å². The first kappa shape index (κ1) is 19.1. The average molecular weight is 409 g/mol. The molecule has 162 valence electrons. The highest BCUT2D eigenvalue weighted by atomic mass is 16.2. The Bertz CT molecular complexity index is 787. The summed E-state index contributed by atoms with van der Waals surface area (Å²) in [5.41, 5.74) is 1.24. The molecule has 1 amide bonds. The van der Waals surface area contributed by atoms with E-state index in [2.05, 4.69) is 20.9 Å². The molecule has 0 aromatic carbocycles. The summed E-state index contributed by atoms with van der Waals surface area (Å²) in [6, 6.07) is 3.18. The second-order valence-electron chi connectivity index (χ2n) is 10.8. The van der Waals surface area contributed by atoms with Gasteiger partial charge in [0.05, 0.1) is 0 Å². The van der Waals surface area contributed by atoms with Crippen LogP contribution in [0.15, 0.2) is 12.4 Å². The fraction of sp³-hybridized carbons (Fsp3) is 0.800. The topological polar surface area (TPSA) is 49.3 Å². The van der Waals surface area contributed by atoms with E-state index in [0.29, 0.717) is 35.7 Å². The Morgan fingerprint density at radius 1 is 0.933 bits per heavy atom. The van der Waals surface area contributed by atoms with Crippen molar-refractivity contribution < 1.29 is 4.79 Å². The summed E-state index contributed by atoms with van der Waals surface area (Å²) in [5, 5.41) is 0. The number of piperidine rings is 3.